The van der Waals surface area contributed by atoms with Gasteiger partial charge in [-0.15, -0.1) is 0 Å². The van der Waals surface area contributed by atoms with Crippen molar-refractivity contribution in [1.82, 2.24) is 15.0 Å². The predicted octanol–water partition coefficient (Wildman–Crippen LogP) is 3.11. The second-order valence-corrected chi connectivity index (χ2v) is 4.29. The van der Waals surface area contributed by atoms with Gasteiger partial charge < -0.3 is 0 Å². The number of non-ortho nitro benzene ring substituents is 1. The van der Waals surface area contributed by atoms with E-state index in [0.717, 1.165) is 11.1 Å². The summed E-state index contributed by atoms with van der Waals surface area (Å²) in [7, 11) is 0. The molecule has 21 heavy (non-hydrogen) atoms. The monoisotopic (exact) mass is 278 g/mol. The third-order valence-electron chi connectivity index (χ3n) is 3.00. The maximum atomic E-state index is 10.7. The molecule has 0 aliphatic carbocycles. The van der Waals surface area contributed by atoms with E-state index >= 15 is 0 Å². The van der Waals surface area contributed by atoms with E-state index in [9.17, 15) is 10.1 Å². The summed E-state index contributed by atoms with van der Waals surface area (Å²) in [6.45, 7) is 0. The fraction of sp³-hybridized carbons (Fsp3) is 0. The molecule has 3 rings (SSSR count). The van der Waals surface area contributed by atoms with Crippen LogP contribution in [0.3, 0.4) is 0 Å². The van der Waals surface area contributed by atoms with Crippen LogP contribution in [0.4, 0.5) is 5.69 Å². The van der Waals surface area contributed by atoms with Crippen LogP contribution in [0.5, 0.6) is 0 Å². The molecule has 2 aromatic heterocycles. The number of nitro benzene ring substituents is 1. The van der Waals surface area contributed by atoms with E-state index in [1.165, 1.54) is 12.1 Å². The van der Waals surface area contributed by atoms with Crippen molar-refractivity contribution in [3.05, 3.63) is 71.3 Å². The van der Waals surface area contributed by atoms with Crippen LogP contribution in [-0.4, -0.2) is 19.9 Å². The van der Waals surface area contributed by atoms with Gasteiger partial charge in [0.15, 0.2) is 0 Å². The lowest BCUT2D eigenvalue weighted by Crippen LogP contribution is -1.93. The summed E-state index contributed by atoms with van der Waals surface area (Å²) in [6.07, 6.45) is 6.58. The summed E-state index contributed by atoms with van der Waals surface area (Å²) in [6, 6.07) is 9.96. The van der Waals surface area contributed by atoms with Crippen LogP contribution in [0.15, 0.2) is 61.2 Å². The van der Waals surface area contributed by atoms with Crippen LogP contribution in [0.1, 0.15) is 0 Å². The van der Waals surface area contributed by atoms with Crippen LogP contribution in [-0.2, 0) is 0 Å². The first kappa shape index (κ1) is 12.9. The van der Waals surface area contributed by atoms with Crippen molar-refractivity contribution in [3.63, 3.8) is 0 Å². The van der Waals surface area contributed by atoms with Crippen molar-refractivity contribution in [2.24, 2.45) is 0 Å². The molecule has 0 aliphatic rings. The maximum Gasteiger partial charge on any atom is 0.269 e. The Kier molecular flexibility index (Phi) is 3.34. The third-order valence-corrected chi connectivity index (χ3v) is 3.00. The predicted molar refractivity (Wildman–Crippen MR) is 77.4 cm³/mol. The van der Waals surface area contributed by atoms with Gasteiger partial charge in [0, 0.05) is 48.0 Å². The highest BCUT2D eigenvalue weighted by Gasteiger charge is 2.11. The van der Waals surface area contributed by atoms with Gasteiger partial charge in [-0.2, -0.15) is 0 Å². The average molecular weight is 278 g/mol. The van der Waals surface area contributed by atoms with E-state index in [2.05, 4.69) is 15.0 Å². The number of hydrogen-bond acceptors (Lipinski definition) is 5. The number of pyridine rings is 1. The Morgan fingerprint density at radius 1 is 0.762 bits per heavy atom. The molecule has 0 aliphatic heterocycles. The SMILES string of the molecule is O=[N+]([O-])c1ccc(-c2nccnc2-c2ccncc2)cc1. The van der Waals surface area contributed by atoms with Gasteiger partial charge in [0.25, 0.3) is 5.69 Å². The molecule has 6 nitrogen and oxygen atoms in total. The molecule has 2 heterocycles. The van der Waals surface area contributed by atoms with E-state index in [4.69, 9.17) is 0 Å². The van der Waals surface area contributed by atoms with Crippen molar-refractivity contribution in [2.75, 3.05) is 0 Å². The van der Waals surface area contributed by atoms with Gasteiger partial charge in [-0.1, -0.05) is 0 Å². The molecule has 0 saturated heterocycles. The Morgan fingerprint density at radius 3 is 1.81 bits per heavy atom. The molecule has 0 atom stereocenters. The second kappa shape index (κ2) is 5.46. The Bertz CT molecular complexity index is 773. The molecule has 0 fully saturated rings. The first-order chi connectivity index (χ1) is 10.3. The largest absolute Gasteiger partial charge is 0.269 e. The minimum absolute atomic E-state index is 0.0492. The van der Waals surface area contributed by atoms with Gasteiger partial charge in [0.2, 0.25) is 0 Å². The number of nitrogens with zero attached hydrogens (tertiary/aromatic N) is 4. The van der Waals surface area contributed by atoms with Gasteiger partial charge >= 0.3 is 0 Å². The zero-order chi connectivity index (χ0) is 14.7. The highest BCUT2D eigenvalue weighted by atomic mass is 16.6. The van der Waals surface area contributed by atoms with Crippen LogP contribution >= 0.6 is 0 Å². The first-order valence-electron chi connectivity index (χ1n) is 6.22. The maximum absolute atomic E-state index is 10.7. The molecule has 0 amide bonds. The summed E-state index contributed by atoms with van der Waals surface area (Å²) < 4.78 is 0. The summed E-state index contributed by atoms with van der Waals surface area (Å²) in [4.78, 5) is 23.0. The van der Waals surface area contributed by atoms with E-state index in [-0.39, 0.29) is 5.69 Å². The Morgan fingerprint density at radius 2 is 1.29 bits per heavy atom. The topological polar surface area (TPSA) is 81.8 Å². The lowest BCUT2D eigenvalue weighted by Gasteiger charge is -2.07. The highest BCUT2D eigenvalue weighted by molar-refractivity contribution is 5.77. The van der Waals surface area contributed by atoms with Crippen molar-refractivity contribution >= 4 is 5.69 Å². The highest BCUT2D eigenvalue weighted by Crippen LogP contribution is 2.28. The zero-order valence-electron chi connectivity index (χ0n) is 10.9. The fourth-order valence-corrected chi connectivity index (χ4v) is 2.01. The van der Waals surface area contributed by atoms with Crippen molar-refractivity contribution in [2.45, 2.75) is 0 Å². The lowest BCUT2D eigenvalue weighted by atomic mass is 10.0. The van der Waals surface area contributed by atoms with Gasteiger partial charge in [0.05, 0.1) is 16.3 Å². The van der Waals surface area contributed by atoms with Crippen LogP contribution in [0, 0.1) is 10.1 Å². The van der Waals surface area contributed by atoms with Crippen molar-refractivity contribution in [3.8, 4) is 22.5 Å². The third kappa shape index (κ3) is 2.59. The molecule has 6 heteroatoms. The fourth-order valence-electron chi connectivity index (χ4n) is 2.01. The minimum Gasteiger partial charge on any atom is -0.265 e. The smallest absolute Gasteiger partial charge is 0.265 e. The number of hydrogen-bond donors (Lipinski definition) is 0. The summed E-state index contributed by atoms with van der Waals surface area (Å²) in [5, 5.41) is 10.7. The quantitative estimate of drug-likeness (QED) is 0.543. The van der Waals surface area contributed by atoms with Gasteiger partial charge in [-0.3, -0.25) is 25.1 Å². The lowest BCUT2D eigenvalue weighted by molar-refractivity contribution is -0.384. The Labute approximate surface area is 120 Å². The molecule has 0 radical (unpaired) electrons. The van der Waals surface area contributed by atoms with E-state index in [1.807, 2.05) is 12.1 Å². The molecular weight excluding hydrogens is 268 g/mol. The Hall–Kier alpha value is -3.15. The first-order valence-corrected chi connectivity index (χ1v) is 6.22. The van der Waals surface area contributed by atoms with E-state index in [0.29, 0.717) is 11.4 Å². The standard InChI is InChI=1S/C15H10N4O2/c20-19(21)13-3-1-11(2-4-13)14-15(18-10-9-17-14)12-5-7-16-8-6-12/h1-10H. The minimum atomic E-state index is -0.426. The summed E-state index contributed by atoms with van der Waals surface area (Å²) >= 11 is 0. The van der Waals surface area contributed by atoms with Crippen LogP contribution in [0.25, 0.3) is 22.5 Å². The van der Waals surface area contributed by atoms with Gasteiger partial charge in [0.1, 0.15) is 0 Å². The molecule has 0 saturated carbocycles. The molecule has 0 bridgehead atoms. The molecule has 0 N–H and O–H groups in total. The van der Waals surface area contributed by atoms with Crippen LogP contribution in [0.2, 0.25) is 0 Å². The molecule has 3 aromatic rings. The Balaban J connectivity index is 2.09. The summed E-state index contributed by atoms with van der Waals surface area (Å²) in [5.74, 6) is 0. The van der Waals surface area contributed by atoms with Crippen LogP contribution < -0.4 is 0 Å². The number of rotatable bonds is 3. The van der Waals surface area contributed by atoms with E-state index < -0.39 is 4.92 Å². The average Bonchev–Trinajstić information content (AvgIpc) is 2.56. The normalized spacial score (nSPS) is 10.3. The van der Waals surface area contributed by atoms with E-state index in [1.54, 1.807) is 36.9 Å². The zero-order valence-corrected chi connectivity index (χ0v) is 10.9. The molecular formula is C15H10N4O2. The number of aromatic nitrogens is 3. The molecule has 0 unspecified atom stereocenters. The second-order valence-electron chi connectivity index (χ2n) is 4.29. The molecule has 0 spiro atoms. The molecule has 1 aromatic carbocycles. The summed E-state index contributed by atoms with van der Waals surface area (Å²) in [5.41, 5.74) is 3.12. The number of nitro groups is 1. The number of benzene rings is 1. The molecule has 102 valence electrons. The van der Waals surface area contributed by atoms with Gasteiger partial charge in [-0.25, -0.2) is 0 Å². The van der Waals surface area contributed by atoms with Crippen molar-refractivity contribution < 1.29 is 4.92 Å². The van der Waals surface area contributed by atoms with Gasteiger partial charge in [-0.05, 0) is 24.3 Å². The van der Waals surface area contributed by atoms with Crippen molar-refractivity contribution in [1.29, 1.82) is 0 Å².